The van der Waals surface area contributed by atoms with Crippen molar-refractivity contribution in [1.82, 2.24) is 0 Å². The number of allylic oxidation sites excluding steroid dienone is 1. The predicted octanol–water partition coefficient (Wildman–Crippen LogP) is 4.05. The number of carboxylic acid groups (broad SMARTS) is 1. The molecule has 0 rings (SSSR count). The molecule has 130 valence electrons. The topological polar surface area (TPSA) is 77.8 Å². The first kappa shape index (κ1) is 21.1. The van der Waals surface area contributed by atoms with Gasteiger partial charge in [-0.1, -0.05) is 32.3 Å². The lowest BCUT2D eigenvalue weighted by molar-refractivity contribution is -0.132. The minimum atomic E-state index is -0.914. The summed E-state index contributed by atoms with van der Waals surface area (Å²) in [6.07, 6.45) is 8.96. The van der Waals surface area contributed by atoms with Gasteiger partial charge in [0.1, 0.15) is 0 Å². The molecule has 22 heavy (non-hydrogen) atoms. The van der Waals surface area contributed by atoms with Gasteiger partial charge in [0.05, 0.1) is 11.2 Å². The van der Waals surface area contributed by atoms with Crippen molar-refractivity contribution in [1.29, 1.82) is 0 Å². The number of aliphatic hydroxyl groups is 2. The van der Waals surface area contributed by atoms with E-state index in [0.29, 0.717) is 31.3 Å². The number of rotatable bonds is 12. The van der Waals surface area contributed by atoms with Crippen LogP contribution in [0.5, 0.6) is 0 Å². The molecule has 4 nitrogen and oxygen atoms in total. The summed E-state index contributed by atoms with van der Waals surface area (Å²) in [5.41, 5.74) is -1.14. The summed E-state index contributed by atoms with van der Waals surface area (Å²) in [6, 6.07) is 0. The Bertz CT molecular complexity index is 356. The molecule has 0 aliphatic carbocycles. The van der Waals surface area contributed by atoms with Crippen molar-refractivity contribution < 1.29 is 20.1 Å². The summed E-state index contributed by atoms with van der Waals surface area (Å²) < 4.78 is 0. The Balaban J connectivity index is 4.06. The lowest BCUT2D eigenvalue weighted by Gasteiger charge is -2.27. The van der Waals surface area contributed by atoms with Crippen molar-refractivity contribution in [3.8, 4) is 0 Å². The summed E-state index contributed by atoms with van der Waals surface area (Å²) in [5, 5.41) is 29.4. The largest absolute Gasteiger partial charge is 0.478 e. The van der Waals surface area contributed by atoms with Crippen molar-refractivity contribution in [3.05, 3.63) is 11.6 Å². The first-order chi connectivity index (χ1) is 10.1. The Morgan fingerprint density at radius 3 is 1.95 bits per heavy atom. The van der Waals surface area contributed by atoms with E-state index in [9.17, 15) is 15.0 Å². The Hall–Kier alpha value is -0.870. The average Bonchev–Trinajstić information content (AvgIpc) is 2.37. The van der Waals surface area contributed by atoms with Crippen LogP contribution in [0.1, 0.15) is 85.5 Å². The molecular formula is C18H34O4. The Kier molecular flexibility index (Phi) is 9.61. The maximum atomic E-state index is 10.7. The number of unbranched alkanes of at least 4 members (excludes halogenated alkanes) is 2. The van der Waals surface area contributed by atoms with E-state index < -0.39 is 17.2 Å². The van der Waals surface area contributed by atoms with Crippen molar-refractivity contribution in [3.63, 3.8) is 0 Å². The second-order valence-corrected chi connectivity index (χ2v) is 7.04. The van der Waals surface area contributed by atoms with E-state index in [2.05, 4.69) is 6.92 Å². The number of hydrogen-bond donors (Lipinski definition) is 3. The van der Waals surface area contributed by atoms with E-state index >= 15 is 0 Å². The Morgan fingerprint density at radius 1 is 0.955 bits per heavy atom. The monoisotopic (exact) mass is 314 g/mol. The maximum absolute atomic E-state index is 10.7. The van der Waals surface area contributed by atoms with Crippen LogP contribution in [0.25, 0.3) is 0 Å². The van der Waals surface area contributed by atoms with E-state index in [-0.39, 0.29) is 0 Å². The normalized spacial score (nSPS) is 17.8. The molecule has 0 radical (unpaired) electrons. The summed E-state index contributed by atoms with van der Waals surface area (Å²) >= 11 is 0. The van der Waals surface area contributed by atoms with E-state index in [4.69, 9.17) is 5.11 Å². The van der Waals surface area contributed by atoms with Gasteiger partial charge in [0, 0.05) is 5.57 Å². The quantitative estimate of drug-likeness (QED) is 0.375. The SMILES string of the molecule is CCCCCC(C)(O)CCCC(C)(O)CCC=C(C)C(=O)O. The lowest BCUT2D eigenvalue weighted by atomic mass is 9.87. The number of carboxylic acids is 1. The van der Waals surface area contributed by atoms with Gasteiger partial charge in [0.15, 0.2) is 0 Å². The van der Waals surface area contributed by atoms with Gasteiger partial charge in [-0.05, 0) is 59.3 Å². The molecule has 2 atom stereocenters. The summed E-state index contributed by atoms with van der Waals surface area (Å²) in [7, 11) is 0. The zero-order chi connectivity index (χ0) is 17.2. The van der Waals surface area contributed by atoms with Gasteiger partial charge in [-0.15, -0.1) is 0 Å². The number of carbonyl (C=O) groups is 1. The van der Waals surface area contributed by atoms with Gasteiger partial charge in [-0.3, -0.25) is 0 Å². The van der Waals surface area contributed by atoms with Crippen LogP contribution >= 0.6 is 0 Å². The lowest BCUT2D eigenvalue weighted by Crippen LogP contribution is -2.27. The molecule has 2 unspecified atom stereocenters. The molecule has 0 aromatic heterocycles. The molecule has 0 saturated heterocycles. The highest BCUT2D eigenvalue weighted by Crippen LogP contribution is 2.26. The maximum Gasteiger partial charge on any atom is 0.330 e. The van der Waals surface area contributed by atoms with E-state index in [1.807, 2.05) is 6.92 Å². The van der Waals surface area contributed by atoms with Crippen LogP contribution in [0.15, 0.2) is 11.6 Å². The van der Waals surface area contributed by atoms with Gasteiger partial charge >= 0.3 is 5.97 Å². The number of aliphatic carboxylic acids is 1. The van der Waals surface area contributed by atoms with Gasteiger partial charge in [-0.25, -0.2) is 4.79 Å². The van der Waals surface area contributed by atoms with Crippen LogP contribution in [0, 0.1) is 0 Å². The third kappa shape index (κ3) is 10.8. The zero-order valence-electron chi connectivity index (χ0n) is 14.7. The summed E-state index contributed by atoms with van der Waals surface area (Å²) in [6.45, 7) is 7.36. The Labute approximate surface area is 135 Å². The van der Waals surface area contributed by atoms with Crippen molar-refractivity contribution in [2.45, 2.75) is 96.7 Å². The molecule has 0 aliphatic rings. The van der Waals surface area contributed by atoms with Crippen LogP contribution in [0.4, 0.5) is 0 Å². The van der Waals surface area contributed by atoms with Crippen LogP contribution in [-0.4, -0.2) is 32.5 Å². The fourth-order valence-corrected chi connectivity index (χ4v) is 2.54. The second kappa shape index (κ2) is 10.0. The van der Waals surface area contributed by atoms with E-state index in [1.165, 1.54) is 0 Å². The third-order valence-corrected chi connectivity index (χ3v) is 4.22. The van der Waals surface area contributed by atoms with Gasteiger partial charge in [0.25, 0.3) is 0 Å². The van der Waals surface area contributed by atoms with Crippen molar-refractivity contribution in [2.24, 2.45) is 0 Å². The first-order valence-electron chi connectivity index (χ1n) is 8.44. The molecule has 0 saturated carbocycles. The van der Waals surface area contributed by atoms with Crippen LogP contribution in [0.2, 0.25) is 0 Å². The summed E-state index contributed by atoms with van der Waals surface area (Å²) in [4.78, 5) is 10.7. The van der Waals surface area contributed by atoms with Gasteiger partial charge < -0.3 is 15.3 Å². The van der Waals surface area contributed by atoms with Gasteiger partial charge in [-0.2, -0.15) is 0 Å². The average molecular weight is 314 g/mol. The molecule has 0 spiro atoms. The number of hydrogen-bond acceptors (Lipinski definition) is 3. The predicted molar refractivity (Wildman–Crippen MR) is 89.9 cm³/mol. The summed E-state index contributed by atoms with van der Waals surface area (Å²) in [5.74, 6) is -0.914. The van der Waals surface area contributed by atoms with Crippen LogP contribution < -0.4 is 0 Å². The smallest absolute Gasteiger partial charge is 0.330 e. The molecule has 0 aromatic carbocycles. The minimum Gasteiger partial charge on any atom is -0.478 e. The molecular weight excluding hydrogens is 280 g/mol. The highest BCUT2D eigenvalue weighted by atomic mass is 16.4. The molecule has 0 fully saturated rings. The molecule has 3 N–H and O–H groups in total. The van der Waals surface area contributed by atoms with Crippen molar-refractivity contribution in [2.75, 3.05) is 0 Å². The van der Waals surface area contributed by atoms with Gasteiger partial charge in [0.2, 0.25) is 0 Å². The second-order valence-electron chi connectivity index (χ2n) is 7.04. The molecule has 0 amide bonds. The zero-order valence-corrected chi connectivity index (χ0v) is 14.7. The highest BCUT2D eigenvalue weighted by Gasteiger charge is 2.23. The van der Waals surface area contributed by atoms with E-state index in [1.54, 1.807) is 19.9 Å². The van der Waals surface area contributed by atoms with E-state index in [0.717, 1.165) is 32.1 Å². The Morgan fingerprint density at radius 2 is 1.45 bits per heavy atom. The fraction of sp³-hybridized carbons (Fsp3) is 0.833. The molecule has 0 aliphatic heterocycles. The third-order valence-electron chi connectivity index (χ3n) is 4.22. The fourth-order valence-electron chi connectivity index (χ4n) is 2.54. The molecule has 0 heterocycles. The van der Waals surface area contributed by atoms with Crippen LogP contribution in [0.3, 0.4) is 0 Å². The molecule has 4 heteroatoms. The minimum absolute atomic E-state index is 0.314. The standard InChI is InChI=1S/C18H34O4/c1-5-6-7-11-17(3,21)13-9-14-18(4,22)12-8-10-15(2)16(19)20/h10,21-22H,5-9,11-14H2,1-4H3,(H,19,20). The van der Waals surface area contributed by atoms with Crippen molar-refractivity contribution >= 4 is 5.97 Å². The molecule has 0 bridgehead atoms. The van der Waals surface area contributed by atoms with Crippen LogP contribution in [-0.2, 0) is 4.79 Å². The molecule has 0 aromatic rings. The highest BCUT2D eigenvalue weighted by molar-refractivity contribution is 5.85. The first-order valence-corrected chi connectivity index (χ1v) is 8.44.